The summed E-state index contributed by atoms with van der Waals surface area (Å²) >= 11 is 0. The molecule has 2 heterocycles. The van der Waals surface area contributed by atoms with E-state index in [9.17, 15) is 0 Å². The van der Waals surface area contributed by atoms with Crippen LogP contribution in [0.5, 0.6) is 0 Å². The van der Waals surface area contributed by atoms with Crippen molar-refractivity contribution in [3.63, 3.8) is 0 Å². The van der Waals surface area contributed by atoms with Crippen molar-refractivity contribution >= 4 is 11.4 Å². The van der Waals surface area contributed by atoms with Crippen LogP contribution in [-0.4, -0.2) is 31.6 Å². The van der Waals surface area contributed by atoms with Gasteiger partial charge in [-0.2, -0.15) is 0 Å². The Balaban J connectivity index is 1.81. The van der Waals surface area contributed by atoms with Gasteiger partial charge in [0.05, 0.1) is 0 Å². The quantitative estimate of drug-likeness (QED) is 0.727. The van der Waals surface area contributed by atoms with E-state index in [-0.39, 0.29) is 0 Å². The summed E-state index contributed by atoms with van der Waals surface area (Å²) in [6, 6.07) is 6.28. The highest BCUT2D eigenvalue weighted by molar-refractivity contribution is 5.63. The summed E-state index contributed by atoms with van der Waals surface area (Å²) in [5.74, 6) is 1.49. The Morgan fingerprint density at radius 1 is 1.29 bits per heavy atom. The summed E-state index contributed by atoms with van der Waals surface area (Å²) in [5, 5.41) is 3.52. The molecule has 3 nitrogen and oxygen atoms in total. The lowest BCUT2D eigenvalue weighted by Gasteiger charge is -2.32. The summed E-state index contributed by atoms with van der Waals surface area (Å²) in [5.41, 5.74) is 9.54. The van der Waals surface area contributed by atoms with E-state index in [1.165, 1.54) is 37.2 Å². The number of rotatable bonds is 1. The molecule has 2 aliphatic heterocycles. The van der Waals surface area contributed by atoms with Crippen molar-refractivity contribution in [1.82, 2.24) is 4.90 Å². The van der Waals surface area contributed by atoms with Crippen LogP contribution in [0.4, 0.5) is 11.4 Å². The Bertz CT molecular complexity index is 408. The topological polar surface area (TPSA) is 41.3 Å². The molecule has 0 bridgehead atoms. The number of hydrogen-bond acceptors (Lipinski definition) is 3. The maximum Gasteiger partial charge on any atom is 0.0378 e. The van der Waals surface area contributed by atoms with Crippen LogP contribution in [0.3, 0.4) is 0 Å². The molecule has 0 aliphatic carbocycles. The number of anilines is 2. The number of fused-ring (bicyclic) bond motifs is 1. The molecule has 92 valence electrons. The Morgan fingerprint density at radius 2 is 2.06 bits per heavy atom. The van der Waals surface area contributed by atoms with E-state index in [0.29, 0.717) is 5.92 Å². The van der Waals surface area contributed by atoms with Crippen molar-refractivity contribution in [1.29, 1.82) is 0 Å². The minimum absolute atomic E-state index is 0.669. The molecule has 2 aliphatic rings. The molecule has 17 heavy (non-hydrogen) atoms. The minimum atomic E-state index is 0.669. The second kappa shape index (κ2) is 4.22. The summed E-state index contributed by atoms with van der Waals surface area (Å²) in [6.45, 7) is 3.56. The van der Waals surface area contributed by atoms with E-state index in [4.69, 9.17) is 5.73 Å². The van der Waals surface area contributed by atoms with Crippen molar-refractivity contribution in [3.05, 3.63) is 23.8 Å². The van der Waals surface area contributed by atoms with Gasteiger partial charge >= 0.3 is 0 Å². The van der Waals surface area contributed by atoms with Crippen LogP contribution in [0, 0.1) is 5.92 Å². The number of likely N-dealkylation sites (tertiary alicyclic amines) is 1. The van der Waals surface area contributed by atoms with Crippen LogP contribution in [0.1, 0.15) is 24.3 Å². The van der Waals surface area contributed by atoms with E-state index in [0.717, 1.165) is 18.2 Å². The van der Waals surface area contributed by atoms with E-state index in [2.05, 4.69) is 29.4 Å². The Kier molecular flexibility index (Phi) is 2.71. The molecule has 0 radical (unpaired) electrons. The van der Waals surface area contributed by atoms with Crippen LogP contribution in [-0.2, 0) is 0 Å². The summed E-state index contributed by atoms with van der Waals surface area (Å²) < 4.78 is 0. The molecular weight excluding hydrogens is 210 g/mol. The van der Waals surface area contributed by atoms with Gasteiger partial charge in [-0.3, -0.25) is 0 Å². The van der Waals surface area contributed by atoms with Gasteiger partial charge < -0.3 is 16.0 Å². The zero-order valence-electron chi connectivity index (χ0n) is 10.4. The number of benzene rings is 1. The monoisotopic (exact) mass is 231 g/mol. The van der Waals surface area contributed by atoms with Crippen LogP contribution in [0.15, 0.2) is 18.2 Å². The maximum absolute atomic E-state index is 5.91. The Labute approximate surface area is 103 Å². The highest BCUT2D eigenvalue weighted by Crippen LogP contribution is 2.41. The molecule has 3 rings (SSSR count). The van der Waals surface area contributed by atoms with Crippen LogP contribution in [0.25, 0.3) is 0 Å². The second-order valence-electron chi connectivity index (χ2n) is 5.47. The standard InChI is InChI=1S/C14H21N3/c1-17-6-4-10(5-7-17)13-9-16-14-3-2-11(15)8-12(13)14/h2-3,8,10,13,16H,4-7,9,15H2,1H3. The predicted octanol–water partition coefficient (Wildman–Crippen LogP) is 2.12. The van der Waals surface area contributed by atoms with Gasteiger partial charge in [-0.15, -0.1) is 0 Å². The molecule has 1 aromatic carbocycles. The van der Waals surface area contributed by atoms with E-state index in [1.807, 2.05) is 6.07 Å². The van der Waals surface area contributed by atoms with Gasteiger partial charge in [0.2, 0.25) is 0 Å². The first kappa shape index (κ1) is 10.9. The summed E-state index contributed by atoms with van der Waals surface area (Å²) in [7, 11) is 2.22. The molecular formula is C14H21N3. The predicted molar refractivity (Wildman–Crippen MR) is 72.3 cm³/mol. The first-order chi connectivity index (χ1) is 8.24. The third kappa shape index (κ3) is 2.00. The SMILES string of the molecule is CN1CCC(C2CNc3ccc(N)cc32)CC1. The largest absolute Gasteiger partial charge is 0.399 e. The molecule has 1 aromatic rings. The fourth-order valence-electron chi connectivity index (χ4n) is 3.23. The Hall–Kier alpha value is -1.22. The van der Waals surface area contributed by atoms with Gasteiger partial charge in [-0.1, -0.05) is 0 Å². The van der Waals surface area contributed by atoms with Gasteiger partial charge in [0.25, 0.3) is 0 Å². The number of nitrogens with two attached hydrogens (primary N) is 1. The van der Waals surface area contributed by atoms with E-state index < -0.39 is 0 Å². The molecule has 1 atom stereocenters. The van der Waals surface area contributed by atoms with Gasteiger partial charge in [-0.05, 0) is 62.7 Å². The number of piperidine rings is 1. The molecule has 3 heteroatoms. The van der Waals surface area contributed by atoms with Crippen LogP contribution >= 0.6 is 0 Å². The van der Waals surface area contributed by atoms with Crippen molar-refractivity contribution in [2.75, 3.05) is 37.7 Å². The molecule has 1 unspecified atom stereocenters. The van der Waals surface area contributed by atoms with Crippen molar-refractivity contribution in [2.45, 2.75) is 18.8 Å². The van der Waals surface area contributed by atoms with Gasteiger partial charge in [-0.25, -0.2) is 0 Å². The number of nitrogens with zero attached hydrogens (tertiary/aromatic N) is 1. The fraction of sp³-hybridized carbons (Fsp3) is 0.571. The number of nitrogens with one attached hydrogen (secondary N) is 1. The number of nitrogen functional groups attached to an aromatic ring is 1. The average Bonchev–Trinajstić information content (AvgIpc) is 2.73. The van der Waals surface area contributed by atoms with Gasteiger partial charge in [0, 0.05) is 23.8 Å². The molecule has 1 saturated heterocycles. The van der Waals surface area contributed by atoms with E-state index in [1.54, 1.807) is 0 Å². The van der Waals surface area contributed by atoms with E-state index >= 15 is 0 Å². The fourth-order valence-corrected chi connectivity index (χ4v) is 3.23. The zero-order valence-corrected chi connectivity index (χ0v) is 10.4. The molecule has 0 spiro atoms. The minimum Gasteiger partial charge on any atom is -0.399 e. The van der Waals surface area contributed by atoms with Crippen molar-refractivity contribution < 1.29 is 0 Å². The lowest BCUT2D eigenvalue weighted by molar-refractivity contribution is 0.202. The molecule has 0 saturated carbocycles. The zero-order chi connectivity index (χ0) is 11.8. The highest BCUT2D eigenvalue weighted by atomic mass is 15.1. The lowest BCUT2D eigenvalue weighted by Crippen LogP contribution is -2.33. The number of hydrogen-bond donors (Lipinski definition) is 2. The maximum atomic E-state index is 5.91. The molecule has 3 N–H and O–H groups in total. The third-order valence-electron chi connectivity index (χ3n) is 4.32. The highest BCUT2D eigenvalue weighted by Gasteiger charge is 2.31. The summed E-state index contributed by atoms with van der Waals surface area (Å²) in [6.07, 6.45) is 2.63. The van der Waals surface area contributed by atoms with Crippen LogP contribution in [0.2, 0.25) is 0 Å². The summed E-state index contributed by atoms with van der Waals surface area (Å²) in [4.78, 5) is 2.43. The van der Waals surface area contributed by atoms with Crippen LogP contribution < -0.4 is 11.1 Å². The second-order valence-corrected chi connectivity index (χ2v) is 5.47. The normalized spacial score (nSPS) is 25.6. The first-order valence-corrected chi connectivity index (χ1v) is 6.56. The smallest absolute Gasteiger partial charge is 0.0378 e. The van der Waals surface area contributed by atoms with Gasteiger partial charge in [0.15, 0.2) is 0 Å². The molecule has 0 amide bonds. The third-order valence-corrected chi connectivity index (χ3v) is 4.32. The lowest BCUT2D eigenvalue weighted by atomic mass is 9.81. The Morgan fingerprint density at radius 3 is 2.82 bits per heavy atom. The molecule has 0 aromatic heterocycles. The van der Waals surface area contributed by atoms with Gasteiger partial charge in [0.1, 0.15) is 0 Å². The first-order valence-electron chi connectivity index (χ1n) is 6.56. The van der Waals surface area contributed by atoms with Crippen molar-refractivity contribution in [3.8, 4) is 0 Å². The molecule has 1 fully saturated rings. The average molecular weight is 231 g/mol. The van der Waals surface area contributed by atoms with Crippen molar-refractivity contribution in [2.24, 2.45) is 5.92 Å².